The van der Waals surface area contributed by atoms with Crippen molar-refractivity contribution in [2.45, 2.75) is 6.92 Å². The number of benzene rings is 1. The molecule has 0 fully saturated rings. The third-order valence-corrected chi connectivity index (χ3v) is 2.46. The quantitative estimate of drug-likeness (QED) is 0.623. The van der Waals surface area contributed by atoms with Crippen molar-refractivity contribution in [3.63, 3.8) is 0 Å². The van der Waals surface area contributed by atoms with E-state index in [2.05, 4.69) is 0 Å². The molecular weight excluding hydrogens is 291 g/mol. The molecule has 0 heterocycles. The van der Waals surface area contributed by atoms with Crippen LogP contribution in [0.2, 0.25) is 0 Å². The van der Waals surface area contributed by atoms with Crippen LogP contribution >= 0.6 is 0 Å². The van der Waals surface area contributed by atoms with Gasteiger partial charge in [-0.2, -0.15) is 0 Å². The topological polar surface area (TPSA) is 92.5 Å². The minimum Gasteiger partial charge on any atom is -0.329 e. The third-order valence-electron chi connectivity index (χ3n) is 2.46. The fourth-order valence-corrected chi connectivity index (χ4v) is 1.45. The van der Waals surface area contributed by atoms with Crippen LogP contribution in [0.1, 0.15) is 6.92 Å². The number of amides is 3. The summed E-state index contributed by atoms with van der Waals surface area (Å²) in [6, 6.07) is 1.33. The second kappa shape index (κ2) is 6.84. The summed E-state index contributed by atoms with van der Waals surface area (Å²) in [6.45, 7) is 0.763. The number of carbonyl (C=O) groups excluding carboxylic acids is 3. The number of nitrogens with two attached hydrogens (primary N) is 1. The van der Waals surface area contributed by atoms with Crippen LogP contribution in [-0.4, -0.2) is 35.7 Å². The van der Waals surface area contributed by atoms with Gasteiger partial charge in [-0.05, 0) is 12.1 Å². The molecule has 0 spiro atoms. The summed E-state index contributed by atoms with van der Waals surface area (Å²) in [5.41, 5.74) is 4.47. The molecule has 0 saturated carbocycles. The van der Waals surface area contributed by atoms with Crippen LogP contribution in [0.4, 0.5) is 18.9 Å². The van der Waals surface area contributed by atoms with Crippen molar-refractivity contribution < 1.29 is 27.6 Å². The minimum atomic E-state index is -1.79. The van der Waals surface area contributed by atoms with E-state index in [1.165, 1.54) is 0 Å². The minimum absolute atomic E-state index is 0.0713. The average molecular weight is 303 g/mol. The zero-order valence-corrected chi connectivity index (χ0v) is 11.0. The molecule has 0 aromatic heterocycles. The summed E-state index contributed by atoms with van der Waals surface area (Å²) < 4.78 is 39.1. The SMILES string of the molecule is CC(=O)N(CCN)C(=O)C(=O)Nc1ccc(F)c(F)c1F. The molecule has 0 aliphatic rings. The molecular formula is C12H12F3N3O3. The van der Waals surface area contributed by atoms with Gasteiger partial charge in [-0.15, -0.1) is 0 Å². The zero-order chi connectivity index (χ0) is 16.2. The molecule has 1 aromatic rings. The number of nitrogens with one attached hydrogen (secondary N) is 1. The maximum Gasteiger partial charge on any atom is 0.318 e. The van der Waals surface area contributed by atoms with E-state index in [0.717, 1.165) is 13.0 Å². The standard InChI is InChI=1S/C12H12F3N3O3/c1-6(19)18(5-4-16)12(21)11(20)17-8-3-2-7(13)9(14)10(8)15/h2-3H,4-5,16H2,1H3,(H,17,20). The molecule has 1 aromatic carbocycles. The molecule has 0 aliphatic heterocycles. The normalized spacial score (nSPS) is 10.1. The largest absolute Gasteiger partial charge is 0.329 e. The highest BCUT2D eigenvalue weighted by molar-refractivity contribution is 6.41. The van der Waals surface area contributed by atoms with Crippen LogP contribution in [0.5, 0.6) is 0 Å². The van der Waals surface area contributed by atoms with Crippen LogP contribution in [0.15, 0.2) is 12.1 Å². The number of imide groups is 1. The molecule has 0 radical (unpaired) electrons. The lowest BCUT2D eigenvalue weighted by molar-refractivity contribution is -0.149. The first kappa shape index (κ1) is 16.6. The van der Waals surface area contributed by atoms with Crippen molar-refractivity contribution in [3.05, 3.63) is 29.6 Å². The van der Waals surface area contributed by atoms with Gasteiger partial charge < -0.3 is 11.1 Å². The van der Waals surface area contributed by atoms with Crippen molar-refractivity contribution in [1.82, 2.24) is 4.90 Å². The number of hydrogen-bond acceptors (Lipinski definition) is 4. The van der Waals surface area contributed by atoms with Crippen molar-refractivity contribution in [3.8, 4) is 0 Å². The smallest absolute Gasteiger partial charge is 0.318 e. The highest BCUT2D eigenvalue weighted by atomic mass is 19.2. The van der Waals surface area contributed by atoms with Crippen LogP contribution in [-0.2, 0) is 14.4 Å². The summed E-state index contributed by atoms with van der Waals surface area (Å²) in [4.78, 5) is 35.0. The summed E-state index contributed by atoms with van der Waals surface area (Å²) in [7, 11) is 0. The monoisotopic (exact) mass is 303 g/mol. The predicted octanol–water partition coefficient (Wildman–Crippen LogP) is 0.376. The van der Waals surface area contributed by atoms with Gasteiger partial charge in [0.25, 0.3) is 0 Å². The van der Waals surface area contributed by atoms with E-state index < -0.39 is 40.9 Å². The number of nitrogens with zero attached hydrogens (tertiary/aromatic N) is 1. The lowest BCUT2D eigenvalue weighted by Gasteiger charge is -2.17. The van der Waals surface area contributed by atoms with E-state index in [0.29, 0.717) is 11.0 Å². The second-order valence-electron chi connectivity index (χ2n) is 3.94. The molecule has 0 aliphatic carbocycles. The maximum atomic E-state index is 13.4. The van der Waals surface area contributed by atoms with Crippen molar-refractivity contribution in [1.29, 1.82) is 0 Å². The Balaban J connectivity index is 2.93. The molecule has 0 bridgehead atoms. The van der Waals surface area contributed by atoms with Crippen molar-refractivity contribution in [2.75, 3.05) is 18.4 Å². The van der Waals surface area contributed by atoms with E-state index in [-0.39, 0.29) is 13.1 Å². The molecule has 6 nitrogen and oxygen atoms in total. The van der Waals surface area contributed by atoms with Crippen LogP contribution in [0.3, 0.4) is 0 Å². The Morgan fingerprint density at radius 3 is 2.33 bits per heavy atom. The van der Waals surface area contributed by atoms with Gasteiger partial charge in [-0.3, -0.25) is 19.3 Å². The van der Waals surface area contributed by atoms with Gasteiger partial charge in [0.2, 0.25) is 5.91 Å². The van der Waals surface area contributed by atoms with Crippen LogP contribution in [0, 0.1) is 17.5 Å². The van der Waals surface area contributed by atoms with E-state index in [1.807, 2.05) is 0 Å². The van der Waals surface area contributed by atoms with Gasteiger partial charge in [0.05, 0.1) is 5.69 Å². The fourth-order valence-electron chi connectivity index (χ4n) is 1.45. The van der Waals surface area contributed by atoms with E-state index >= 15 is 0 Å². The molecule has 0 atom stereocenters. The van der Waals surface area contributed by atoms with Gasteiger partial charge >= 0.3 is 11.8 Å². The lowest BCUT2D eigenvalue weighted by Crippen LogP contribution is -2.44. The van der Waals surface area contributed by atoms with Crippen LogP contribution in [0.25, 0.3) is 0 Å². The van der Waals surface area contributed by atoms with Gasteiger partial charge in [-0.1, -0.05) is 0 Å². The summed E-state index contributed by atoms with van der Waals surface area (Å²) in [6.07, 6.45) is 0. The molecule has 0 unspecified atom stereocenters. The highest BCUT2D eigenvalue weighted by Crippen LogP contribution is 2.19. The van der Waals surface area contributed by atoms with Crippen LogP contribution < -0.4 is 11.1 Å². The average Bonchev–Trinajstić information content (AvgIpc) is 2.44. The molecule has 9 heteroatoms. The number of anilines is 1. The summed E-state index contributed by atoms with van der Waals surface area (Å²) in [5, 5.41) is 1.77. The predicted molar refractivity (Wildman–Crippen MR) is 66.4 cm³/mol. The Hall–Kier alpha value is -2.42. The summed E-state index contributed by atoms with van der Waals surface area (Å²) >= 11 is 0. The first-order chi connectivity index (χ1) is 9.79. The molecule has 1 rings (SSSR count). The number of carbonyl (C=O) groups is 3. The van der Waals surface area contributed by atoms with E-state index in [4.69, 9.17) is 5.73 Å². The van der Waals surface area contributed by atoms with Crippen molar-refractivity contribution >= 4 is 23.4 Å². The first-order valence-corrected chi connectivity index (χ1v) is 5.76. The Kier molecular flexibility index (Phi) is 5.42. The Morgan fingerprint density at radius 1 is 1.19 bits per heavy atom. The lowest BCUT2D eigenvalue weighted by atomic mass is 10.2. The maximum absolute atomic E-state index is 13.4. The number of hydrogen-bond donors (Lipinski definition) is 2. The molecule has 3 N–H and O–H groups in total. The second-order valence-corrected chi connectivity index (χ2v) is 3.94. The number of rotatable bonds is 3. The molecule has 114 valence electrons. The first-order valence-electron chi connectivity index (χ1n) is 5.76. The van der Waals surface area contributed by atoms with Gasteiger partial charge in [0.1, 0.15) is 0 Å². The molecule has 3 amide bonds. The Labute approximate surface area is 117 Å². The Morgan fingerprint density at radius 2 is 1.81 bits per heavy atom. The van der Waals surface area contributed by atoms with E-state index in [9.17, 15) is 27.6 Å². The number of halogens is 3. The van der Waals surface area contributed by atoms with E-state index in [1.54, 1.807) is 5.32 Å². The van der Waals surface area contributed by atoms with Gasteiger partial charge in [0.15, 0.2) is 17.5 Å². The summed E-state index contributed by atoms with van der Waals surface area (Å²) in [5.74, 6) is -8.26. The Bertz CT molecular complexity index is 593. The fraction of sp³-hybridized carbons (Fsp3) is 0.250. The molecule has 0 saturated heterocycles. The third kappa shape index (κ3) is 3.78. The van der Waals surface area contributed by atoms with Gasteiger partial charge in [0, 0.05) is 20.0 Å². The van der Waals surface area contributed by atoms with Crippen molar-refractivity contribution in [2.24, 2.45) is 5.73 Å². The highest BCUT2D eigenvalue weighted by Gasteiger charge is 2.26. The zero-order valence-electron chi connectivity index (χ0n) is 11.0. The van der Waals surface area contributed by atoms with Gasteiger partial charge in [-0.25, -0.2) is 13.2 Å². The molecule has 21 heavy (non-hydrogen) atoms.